The molecular weight excluding hydrogens is 306 g/mol. The molecule has 7 heteroatoms. The third kappa shape index (κ3) is 2.30. The third-order valence-electron chi connectivity index (χ3n) is 3.87. The number of imidazole rings is 1. The van der Waals surface area contributed by atoms with Crippen LogP contribution in [0.5, 0.6) is 11.5 Å². The summed E-state index contributed by atoms with van der Waals surface area (Å²) in [5.41, 5.74) is 3.92. The number of nitrogens with zero attached hydrogens (tertiary/aromatic N) is 3. The van der Waals surface area contributed by atoms with Crippen LogP contribution in [-0.2, 0) is 0 Å². The molecule has 0 amide bonds. The minimum absolute atomic E-state index is 0.604. The van der Waals surface area contributed by atoms with E-state index in [0.29, 0.717) is 23.2 Å². The molecule has 4 aromatic rings. The summed E-state index contributed by atoms with van der Waals surface area (Å²) in [6.07, 6.45) is 0. The highest BCUT2D eigenvalue weighted by atomic mass is 16.5. The van der Waals surface area contributed by atoms with E-state index in [1.54, 1.807) is 14.2 Å². The van der Waals surface area contributed by atoms with E-state index in [4.69, 9.17) is 9.47 Å². The average molecular weight is 323 g/mol. The first-order chi connectivity index (χ1) is 11.7. The molecule has 2 aromatic heterocycles. The van der Waals surface area contributed by atoms with Crippen LogP contribution in [-0.4, -0.2) is 33.8 Å². The summed E-state index contributed by atoms with van der Waals surface area (Å²) in [6, 6.07) is 11.7. The first kappa shape index (κ1) is 14.4. The van der Waals surface area contributed by atoms with Gasteiger partial charge in [0.15, 0.2) is 11.5 Å². The normalized spacial score (nSPS) is 11.1. The lowest BCUT2D eigenvalue weighted by Crippen LogP contribution is -1.96. The van der Waals surface area contributed by atoms with Crippen LogP contribution in [0.1, 0.15) is 5.56 Å². The molecule has 2 heterocycles. The second-order valence-electron chi connectivity index (χ2n) is 5.51. The van der Waals surface area contributed by atoms with Crippen molar-refractivity contribution in [1.29, 1.82) is 0 Å². The molecular formula is C17H17N5O2. The Hall–Kier alpha value is -3.22. The summed E-state index contributed by atoms with van der Waals surface area (Å²) in [4.78, 5) is 9.02. The predicted molar refractivity (Wildman–Crippen MR) is 92.4 cm³/mol. The molecule has 0 saturated heterocycles. The van der Waals surface area contributed by atoms with Crippen molar-refractivity contribution >= 4 is 28.4 Å². The molecule has 0 bridgehead atoms. The zero-order chi connectivity index (χ0) is 16.7. The Labute approximate surface area is 138 Å². The van der Waals surface area contributed by atoms with Gasteiger partial charge < -0.3 is 14.8 Å². The van der Waals surface area contributed by atoms with Gasteiger partial charge in [0.1, 0.15) is 0 Å². The molecule has 2 N–H and O–H groups in total. The molecule has 0 aliphatic heterocycles. The summed E-state index contributed by atoms with van der Waals surface area (Å²) >= 11 is 0. The molecule has 0 radical (unpaired) electrons. The fourth-order valence-corrected chi connectivity index (χ4v) is 2.70. The molecule has 122 valence electrons. The number of methoxy groups -OCH3 is 2. The van der Waals surface area contributed by atoms with Crippen LogP contribution in [0, 0.1) is 6.92 Å². The van der Waals surface area contributed by atoms with E-state index >= 15 is 0 Å². The van der Waals surface area contributed by atoms with E-state index in [1.807, 2.05) is 41.8 Å². The maximum atomic E-state index is 5.31. The van der Waals surface area contributed by atoms with Crippen LogP contribution in [0.4, 0.5) is 11.6 Å². The highest BCUT2D eigenvalue weighted by molar-refractivity contribution is 5.80. The molecule has 0 saturated carbocycles. The van der Waals surface area contributed by atoms with Crippen molar-refractivity contribution in [3.05, 3.63) is 42.0 Å². The number of H-pyrrole nitrogens is 1. The molecule has 2 aromatic carbocycles. The van der Waals surface area contributed by atoms with Crippen LogP contribution < -0.4 is 14.8 Å². The monoisotopic (exact) mass is 323 g/mol. The summed E-state index contributed by atoms with van der Waals surface area (Å²) in [5, 5.41) is 6.43. The van der Waals surface area contributed by atoms with Crippen molar-refractivity contribution in [2.45, 2.75) is 6.92 Å². The van der Waals surface area contributed by atoms with Gasteiger partial charge in [-0.15, -0.1) is 0 Å². The van der Waals surface area contributed by atoms with Gasteiger partial charge in [-0.25, -0.2) is 9.50 Å². The molecule has 24 heavy (non-hydrogen) atoms. The minimum atomic E-state index is 0.604. The molecule has 0 unspecified atom stereocenters. The second-order valence-corrected chi connectivity index (χ2v) is 5.51. The van der Waals surface area contributed by atoms with Gasteiger partial charge in [0.2, 0.25) is 5.95 Å². The fourth-order valence-electron chi connectivity index (χ4n) is 2.70. The van der Waals surface area contributed by atoms with Crippen LogP contribution >= 0.6 is 0 Å². The standard InChI is InChI=1S/C17H17N5O2/c1-10-4-6-13-12(8-10)19-17-20-16(21-22(13)17)18-11-5-7-14(23-2)15(9-11)24-3/h4-9H,1-3H3,(H2,18,19,20,21). The van der Waals surface area contributed by atoms with E-state index < -0.39 is 0 Å². The first-order valence-electron chi connectivity index (χ1n) is 7.52. The molecule has 7 nitrogen and oxygen atoms in total. The Morgan fingerprint density at radius 2 is 1.83 bits per heavy atom. The highest BCUT2D eigenvalue weighted by Crippen LogP contribution is 2.30. The van der Waals surface area contributed by atoms with Gasteiger partial charge in [-0.3, -0.25) is 5.10 Å². The maximum Gasteiger partial charge on any atom is 0.253 e. The number of hydrogen-bond acceptors (Lipinski definition) is 5. The molecule has 0 aliphatic rings. The maximum absolute atomic E-state index is 5.31. The van der Waals surface area contributed by atoms with Crippen molar-refractivity contribution < 1.29 is 9.47 Å². The SMILES string of the molecule is COc1ccc(Nc2nc3nc4cc(C)ccc4n3[nH]2)cc1OC. The van der Waals surface area contributed by atoms with Crippen molar-refractivity contribution in [1.82, 2.24) is 19.6 Å². The number of aryl methyl sites for hydroxylation is 1. The fraction of sp³-hybridized carbons (Fsp3) is 0.176. The van der Waals surface area contributed by atoms with Gasteiger partial charge in [0.05, 0.1) is 25.3 Å². The quantitative estimate of drug-likeness (QED) is 0.603. The van der Waals surface area contributed by atoms with Crippen molar-refractivity contribution in [3.8, 4) is 11.5 Å². The van der Waals surface area contributed by atoms with Gasteiger partial charge in [0.25, 0.3) is 5.78 Å². The van der Waals surface area contributed by atoms with Crippen LogP contribution in [0.2, 0.25) is 0 Å². The van der Waals surface area contributed by atoms with Gasteiger partial charge in [-0.2, -0.15) is 4.98 Å². The number of fused-ring (bicyclic) bond motifs is 3. The Kier molecular flexibility index (Phi) is 3.26. The summed E-state index contributed by atoms with van der Waals surface area (Å²) in [7, 11) is 3.22. The number of aromatic nitrogens is 4. The Morgan fingerprint density at radius 1 is 1.00 bits per heavy atom. The Morgan fingerprint density at radius 3 is 2.62 bits per heavy atom. The lowest BCUT2D eigenvalue weighted by molar-refractivity contribution is 0.355. The number of aromatic amines is 1. The number of nitrogens with one attached hydrogen (secondary N) is 2. The zero-order valence-electron chi connectivity index (χ0n) is 13.6. The third-order valence-corrected chi connectivity index (χ3v) is 3.87. The van der Waals surface area contributed by atoms with E-state index in [0.717, 1.165) is 16.7 Å². The molecule has 0 fully saturated rings. The highest BCUT2D eigenvalue weighted by Gasteiger charge is 2.11. The van der Waals surface area contributed by atoms with Crippen molar-refractivity contribution in [2.24, 2.45) is 0 Å². The molecule has 0 atom stereocenters. The van der Waals surface area contributed by atoms with Gasteiger partial charge in [-0.05, 0) is 36.8 Å². The number of benzene rings is 2. The van der Waals surface area contributed by atoms with E-state index in [2.05, 4.69) is 26.4 Å². The molecule has 0 spiro atoms. The van der Waals surface area contributed by atoms with E-state index in [9.17, 15) is 0 Å². The topological polar surface area (TPSA) is 76.5 Å². The second kappa shape index (κ2) is 5.45. The average Bonchev–Trinajstić information content (AvgIpc) is 3.11. The van der Waals surface area contributed by atoms with Crippen LogP contribution in [0.3, 0.4) is 0 Å². The van der Waals surface area contributed by atoms with E-state index in [1.165, 1.54) is 5.56 Å². The number of ether oxygens (including phenoxy) is 2. The van der Waals surface area contributed by atoms with Gasteiger partial charge in [-0.1, -0.05) is 6.07 Å². The smallest absolute Gasteiger partial charge is 0.253 e. The zero-order valence-corrected chi connectivity index (χ0v) is 13.6. The van der Waals surface area contributed by atoms with Crippen molar-refractivity contribution in [2.75, 3.05) is 19.5 Å². The Balaban J connectivity index is 1.70. The predicted octanol–water partition coefficient (Wildman–Crippen LogP) is 3.28. The van der Waals surface area contributed by atoms with Gasteiger partial charge in [0, 0.05) is 11.8 Å². The van der Waals surface area contributed by atoms with Crippen LogP contribution in [0.25, 0.3) is 16.8 Å². The number of hydrogen-bond donors (Lipinski definition) is 2. The van der Waals surface area contributed by atoms with Crippen LogP contribution in [0.15, 0.2) is 36.4 Å². The molecule has 4 rings (SSSR count). The van der Waals surface area contributed by atoms with E-state index in [-0.39, 0.29) is 0 Å². The van der Waals surface area contributed by atoms with Gasteiger partial charge >= 0.3 is 0 Å². The lowest BCUT2D eigenvalue weighted by Gasteiger charge is -2.09. The summed E-state index contributed by atoms with van der Waals surface area (Å²) in [5.74, 6) is 2.56. The Bertz CT molecular complexity index is 1030. The van der Waals surface area contributed by atoms with Crippen molar-refractivity contribution in [3.63, 3.8) is 0 Å². The summed E-state index contributed by atoms with van der Waals surface area (Å²) < 4.78 is 12.4. The first-order valence-corrected chi connectivity index (χ1v) is 7.52. The number of rotatable bonds is 4. The lowest BCUT2D eigenvalue weighted by atomic mass is 10.2. The molecule has 0 aliphatic carbocycles. The minimum Gasteiger partial charge on any atom is -0.493 e. The largest absolute Gasteiger partial charge is 0.493 e. The number of anilines is 2. The summed E-state index contributed by atoms with van der Waals surface area (Å²) in [6.45, 7) is 2.05.